The molecule has 1 aromatic rings. The molecule has 3 nitrogen and oxygen atoms in total. The summed E-state index contributed by atoms with van der Waals surface area (Å²) in [5.41, 5.74) is 5.67. The van der Waals surface area contributed by atoms with Gasteiger partial charge in [-0.25, -0.2) is 0 Å². The third-order valence-corrected chi connectivity index (χ3v) is 1.76. The van der Waals surface area contributed by atoms with E-state index in [0.717, 1.165) is 0 Å². The summed E-state index contributed by atoms with van der Waals surface area (Å²) >= 11 is 11.3. The maximum atomic E-state index is 9.99. The zero-order valence-electron chi connectivity index (χ0n) is 7.88. The molecule has 0 spiro atoms. The Morgan fingerprint density at radius 1 is 1.46 bits per heavy atom. The molecule has 0 aromatic heterocycles. The molecule has 0 amide bonds. The quantitative estimate of drug-likeness (QED) is 0.412. The van der Waals surface area contributed by atoms with Gasteiger partial charge in [-0.2, -0.15) is 0 Å². The van der Waals surface area contributed by atoms with E-state index in [4.69, 9.17) is 28.9 Å². The van der Waals surface area contributed by atoms with Gasteiger partial charge in [0.15, 0.2) is 5.75 Å². The van der Waals surface area contributed by atoms with Crippen molar-refractivity contribution in [3.63, 3.8) is 0 Å². The first kappa shape index (κ1) is 13.1. The number of benzene rings is 1. The summed E-state index contributed by atoms with van der Waals surface area (Å²) in [6, 6.07) is 2.88. The van der Waals surface area contributed by atoms with Crippen molar-refractivity contribution in [1.29, 1.82) is 0 Å². The van der Waals surface area contributed by atoms with Crippen molar-refractivity contribution in [2.24, 2.45) is 0 Å². The Kier molecular flexibility index (Phi) is 5.76. The van der Waals surface area contributed by atoms with E-state index >= 15 is 0 Å². The molecule has 0 aliphatic rings. The molecule has 1 rings (SSSR count). The summed E-state index contributed by atoms with van der Waals surface area (Å²) in [7, 11) is 0. The first-order chi connectivity index (χ1) is 5.65. The van der Waals surface area contributed by atoms with Crippen molar-refractivity contribution in [3.05, 3.63) is 22.2 Å². The van der Waals surface area contributed by atoms with E-state index < -0.39 is 0 Å². The molecule has 0 fully saturated rings. The maximum Gasteiger partial charge on any atom is 1.00 e. The van der Waals surface area contributed by atoms with Crippen LogP contribution < -0.4 is 40.0 Å². The minimum Gasteiger partial charge on any atom is -1.00 e. The molecule has 0 atom stereocenters. The molecule has 66 valence electrons. The second-order valence-electron chi connectivity index (χ2n) is 2.01. The summed E-state index contributed by atoms with van der Waals surface area (Å²) in [5.74, 6) is 0.169. The Labute approximate surface area is 109 Å². The van der Waals surface area contributed by atoms with Crippen molar-refractivity contribution in [2.45, 2.75) is 0 Å². The molecule has 0 bridgehead atoms. The summed E-state index contributed by atoms with van der Waals surface area (Å²) in [6.07, 6.45) is 0. The van der Waals surface area contributed by atoms with Crippen LogP contribution in [0.25, 0.3) is 0 Å². The van der Waals surface area contributed by atoms with Crippen molar-refractivity contribution in [2.75, 3.05) is 5.73 Å². The summed E-state index contributed by atoms with van der Waals surface area (Å²) < 4.78 is 4.52. The zero-order chi connectivity index (χ0) is 9.14. The van der Waals surface area contributed by atoms with Gasteiger partial charge < -0.3 is 11.9 Å². The van der Waals surface area contributed by atoms with Crippen LogP contribution in [0.1, 0.15) is 1.43 Å². The molecule has 2 N–H and O–H groups in total. The summed E-state index contributed by atoms with van der Waals surface area (Å²) in [4.78, 5) is 9.99. The van der Waals surface area contributed by atoms with Crippen LogP contribution in [0.4, 0.5) is 5.69 Å². The minimum absolute atomic E-state index is 0. The average Bonchev–Trinajstić information content (AvgIpc) is 2.00. The molecule has 13 heavy (non-hydrogen) atoms. The van der Waals surface area contributed by atoms with Crippen LogP contribution in [0.5, 0.6) is 5.75 Å². The molecule has 1 aromatic carbocycles. The Morgan fingerprint density at radius 2 is 2.08 bits per heavy atom. The van der Waals surface area contributed by atoms with E-state index in [1.54, 1.807) is 0 Å². The smallest absolute Gasteiger partial charge is 1.00 e. The van der Waals surface area contributed by atoms with Gasteiger partial charge in [-0.1, -0.05) is 23.2 Å². The minimum atomic E-state index is 0. The second-order valence-corrected chi connectivity index (χ2v) is 2.86. The fraction of sp³-hybridized carbons (Fsp3) is 0. The monoisotopic (exact) mass is 229 g/mol. The van der Waals surface area contributed by atoms with Gasteiger partial charge in [-0.05, 0) is 6.07 Å². The van der Waals surface area contributed by atoms with Crippen LogP contribution in [0, 0.1) is 0 Å². The fourth-order valence-corrected chi connectivity index (χ4v) is 1.19. The van der Waals surface area contributed by atoms with Crippen LogP contribution in [0.15, 0.2) is 12.1 Å². The van der Waals surface area contributed by atoms with Crippen LogP contribution in [0.3, 0.4) is 0 Å². The molecule has 0 heterocycles. The number of hydrogen-bond donors (Lipinski definition) is 1. The number of halogens is 2. The number of hydrogen-bond acceptors (Lipinski definition) is 3. The van der Waals surface area contributed by atoms with Crippen LogP contribution in [0.2, 0.25) is 10.0 Å². The van der Waals surface area contributed by atoms with Crippen LogP contribution in [-0.4, -0.2) is 6.47 Å². The van der Waals surface area contributed by atoms with Crippen LogP contribution >= 0.6 is 23.2 Å². The molecule has 0 saturated heterocycles. The Bertz CT molecular complexity index is 325. The van der Waals surface area contributed by atoms with Gasteiger partial charge in [0.05, 0.1) is 10.7 Å². The number of carbonyl (C=O) groups is 1. The first-order valence-electron chi connectivity index (χ1n) is 3.00. The van der Waals surface area contributed by atoms with Crippen molar-refractivity contribution in [3.8, 4) is 5.75 Å². The van der Waals surface area contributed by atoms with Gasteiger partial charge in [0.2, 0.25) is 0 Å². The SMILES string of the molecule is Nc1c(Cl)cc(Cl)cc1OC=O.[H-].[Na+]. The van der Waals surface area contributed by atoms with E-state index in [1.165, 1.54) is 12.1 Å². The largest absolute Gasteiger partial charge is 1.00 e. The predicted molar refractivity (Wildman–Crippen MR) is 48.7 cm³/mol. The third kappa shape index (κ3) is 3.37. The Hall–Kier alpha value is 0.0700. The number of anilines is 1. The molecule has 0 radical (unpaired) electrons. The summed E-state index contributed by atoms with van der Waals surface area (Å²) in [6.45, 7) is 0.262. The van der Waals surface area contributed by atoms with Gasteiger partial charge in [-0.3, -0.25) is 4.79 Å². The maximum absolute atomic E-state index is 9.99. The fourth-order valence-electron chi connectivity index (χ4n) is 0.710. The van der Waals surface area contributed by atoms with Gasteiger partial charge in [-0.15, -0.1) is 0 Å². The number of ether oxygens (including phenoxy) is 1. The number of nitrogens with two attached hydrogens (primary N) is 1. The molecule has 0 saturated carbocycles. The Morgan fingerprint density at radius 3 is 2.62 bits per heavy atom. The van der Waals surface area contributed by atoms with Crippen molar-refractivity contribution >= 4 is 35.4 Å². The normalized spacial score (nSPS) is 8.77. The molecule has 0 aliphatic carbocycles. The van der Waals surface area contributed by atoms with E-state index in [9.17, 15) is 4.79 Å². The van der Waals surface area contributed by atoms with Crippen molar-refractivity contribution in [1.82, 2.24) is 0 Å². The zero-order valence-corrected chi connectivity index (χ0v) is 10.4. The molecule has 0 aliphatic heterocycles. The average molecular weight is 230 g/mol. The molecule has 6 heteroatoms. The molecular weight excluding hydrogens is 224 g/mol. The van der Waals surface area contributed by atoms with E-state index in [-0.39, 0.29) is 53.9 Å². The third-order valence-electron chi connectivity index (χ3n) is 1.23. The standard InChI is InChI=1S/C7H5Cl2NO2.Na.H/c8-4-1-5(9)7(10)6(2-4)12-3-11;;/h1-3H,10H2;;/q;+1;-1. The van der Waals surface area contributed by atoms with Gasteiger partial charge in [0, 0.05) is 11.1 Å². The Balaban J connectivity index is 0. The topological polar surface area (TPSA) is 52.3 Å². The van der Waals surface area contributed by atoms with E-state index in [0.29, 0.717) is 5.02 Å². The number of rotatable bonds is 2. The first-order valence-corrected chi connectivity index (χ1v) is 3.75. The van der Waals surface area contributed by atoms with E-state index in [2.05, 4.69) is 4.74 Å². The van der Waals surface area contributed by atoms with Gasteiger partial charge >= 0.3 is 29.6 Å². The number of carbonyl (C=O) groups excluding carboxylic acids is 1. The van der Waals surface area contributed by atoms with Gasteiger partial charge in [0.25, 0.3) is 6.47 Å². The number of nitrogen functional groups attached to an aromatic ring is 1. The van der Waals surface area contributed by atoms with Crippen molar-refractivity contribution < 1.29 is 40.5 Å². The van der Waals surface area contributed by atoms with E-state index in [1.807, 2.05) is 0 Å². The van der Waals surface area contributed by atoms with Crippen LogP contribution in [-0.2, 0) is 4.79 Å². The van der Waals surface area contributed by atoms with Gasteiger partial charge in [0.1, 0.15) is 0 Å². The predicted octanol–water partition coefficient (Wildman–Crippen LogP) is -0.773. The summed E-state index contributed by atoms with van der Waals surface area (Å²) in [5, 5.41) is 0.630. The molecular formula is C7H6Cl2NNaO2. The molecule has 0 unspecified atom stereocenters. The second kappa shape index (κ2) is 5.73.